The van der Waals surface area contributed by atoms with Crippen LogP contribution in [0.5, 0.6) is 0 Å². The highest BCUT2D eigenvalue weighted by atomic mass is 16.5. The van der Waals surface area contributed by atoms with Crippen molar-refractivity contribution in [3.63, 3.8) is 0 Å². The standard InChI is InChI=1S/C20H33N3O3/c1-20(2,3)19-21-17(26-22-19)10-7-11-18(25)23-13-15(24)12-16(23)14-8-5-4-6-9-14/h14-16,24H,4-13H2,1-3H3/t15-,16+/m0/s1. The molecule has 2 heterocycles. The summed E-state index contributed by atoms with van der Waals surface area (Å²) in [6.45, 7) is 6.65. The maximum Gasteiger partial charge on any atom is 0.226 e. The minimum Gasteiger partial charge on any atom is -0.391 e. The monoisotopic (exact) mass is 363 g/mol. The van der Waals surface area contributed by atoms with Crippen LogP contribution in [-0.4, -0.2) is 44.7 Å². The highest BCUT2D eigenvalue weighted by Crippen LogP contribution is 2.34. The van der Waals surface area contributed by atoms with Crippen molar-refractivity contribution in [2.75, 3.05) is 6.54 Å². The van der Waals surface area contributed by atoms with Gasteiger partial charge in [-0.25, -0.2) is 0 Å². The first-order valence-corrected chi connectivity index (χ1v) is 10.1. The van der Waals surface area contributed by atoms with Gasteiger partial charge >= 0.3 is 0 Å². The Morgan fingerprint density at radius 2 is 2.00 bits per heavy atom. The molecule has 0 bridgehead atoms. The van der Waals surface area contributed by atoms with Crippen LogP contribution in [0, 0.1) is 5.92 Å². The Hall–Kier alpha value is -1.43. The Morgan fingerprint density at radius 3 is 2.65 bits per heavy atom. The molecule has 6 heteroatoms. The molecule has 0 unspecified atom stereocenters. The third-order valence-electron chi connectivity index (χ3n) is 5.76. The number of aromatic nitrogens is 2. The molecule has 2 aliphatic rings. The SMILES string of the molecule is CC(C)(C)c1noc(CCCC(=O)N2C[C@@H](O)C[C@@H]2C2CCCCC2)n1. The van der Waals surface area contributed by atoms with Crippen LogP contribution >= 0.6 is 0 Å². The summed E-state index contributed by atoms with van der Waals surface area (Å²) >= 11 is 0. The molecule has 2 atom stereocenters. The van der Waals surface area contributed by atoms with Gasteiger partial charge in [-0.2, -0.15) is 4.98 Å². The van der Waals surface area contributed by atoms with Crippen LogP contribution in [0.4, 0.5) is 0 Å². The summed E-state index contributed by atoms with van der Waals surface area (Å²) in [5.41, 5.74) is -0.128. The number of aryl methyl sites for hydroxylation is 1. The van der Waals surface area contributed by atoms with Crippen molar-refractivity contribution in [3.8, 4) is 0 Å². The van der Waals surface area contributed by atoms with E-state index in [2.05, 4.69) is 30.9 Å². The Kier molecular flexibility index (Phi) is 6.00. The van der Waals surface area contributed by atoms with E-state index in [1.807, 2.05) is 4.90 Å². The second-order valence-electron chi connectivity index (χ2n) is 9.02. The fraction of sp³-hybridized carbons (Fsp3) is 0.850. The number of aliphatic hydroxyl groups is 1. The van der Waals surface area contributed by atoms with Gasteiger partial charge in [-0.15, -0.1) is 0 Å². The minimum atomic E-state index is -0.365. The fourth-order valence-corrected chi connectivity index (χ4v) is 4.29. The molecule has 0 radical (unpaired) electrons. The largest absolute Gasteiger partial charge is 0.391 e. The molecule has 1 aromatic heterocycles. The van der Waals surface area contributed by atoms with Crippen LogP contribution in [0.2, 0.25) is 0 Å². The van der Waals surface area contributed by atoms with Gasteiger partial charge < -0.3 is 14.5 Å². The van der Waals surface area contributed by atoms with E-state index in [9.17, 15) is 9.90 Å². The summed E-state index contributed by atoms with van der Waals surface area (Å²) in [5, 5.41) is 14.1. The molecule has 3 rings (SSSR count). The molecule has 146 valence electrons. The number of likely N-dealkylation sites (tertiary alicyclic amines) is 1. The third-order valence-corrected chi connectivity index (χ3v) is 5.76. The van der Waals surface area contributed by atoms with Crippen LogP contribution in [0.3, 0.4) is 0 Å². The molecule has 1 aliphatic carbocycles. The smallest absolute Gasteiger partial charge is 0.226 e. The lowest BCUT2D eigenvalue weighted by Crippen LogP contribution is -2.40. The van der Waals surface area contributed by atoms with Crippen LogP contribution in [0.25, 0.3) is 0 Å². The predicted octanol–water partition coefficient (Wildman–Crippen LogP) is 3.23. The van der Waals surface area contributed by atoms with Gasteiger partial charge in [-0.3, -0.25) is 4.79 Å². The number of carbonyl (C=O) groups excluding carboxylic acids is 1. The summed E-state index contributed by atoms with van der Waals surface area (Å²) in [5.74, 6) is 2.04. The molecule has 1 saturated carbocycles. The van der Waals surface area contributed by atoms with Crippen LogP contribution in [0.1, 0.15) is 83.9 Å². The number of hydrogen-bond acceptors (Lipinski definition) is 5. The van der Waals surface area contributed by atoms with Gasteiger partial charge in [0.15, 0.2) is 5.82 Å². The van der Waals surface area contributed by atoms with Crippen molar-refractivity contribution in [1.29, 1.82) is 0 Å². The molecule has 1 aromatic rings. The van der Waals surface area contributed by atoms with Crippen molar-refractivity contribution in [2.24, 2.45) is 5.92 Å². The summed E-state index contributed by atoms with van der Waals surface area (Å²) in [6.07, 6.45) is 8.39. The summed E-state index contributed by atoms with van der Waals surface area (Å²) in [7, 11) is 0. The number of nitrogens with zero attached hydrogens (tertiary/aromatic N) is 3. The van der Waals surface area contributed by atoms with E-state index in [1.165, 1.54) is 32.1 Å². The summed E-state index contributed by atoms with van der Waals surface area (Å²) in [4.78, 5) is 19.1. The normalized spacial score (nSPS) is 25.0. The van der Waals surface area contributed by atoms with Crippen LogP contribution in [0.15, 0.2) is 4.52 Å². The lowest BCUT2D eigenvalue weighted by atomic mass is 9.82. The molecule has 1 aliphatic heterocycles. The molecular formula is C20H33N3O3. The average molecular weight is 364 g/mol. The number of aliphatic hydroxyl groups excluding tert-OH is 1. The Balaban J connectivity index is 1.51. The van der Waals surface area contributed by atoms with E-state index >= 15 is 0 Å². The van der Waals surface area contributed by atoms with Gasteiger partial charge in [0.25, 0.3) is 0 Å². The van der Waals surface area contributed by atoms with Crippen LogP contribution < -0.4 is 0 Å². The van der Waals surface area contributed by atoms with Crippen molar-refractivity contribution in [2.45, 2.75) is 96.1 Å². The van der Waals surface area contributed by atoms with Gasteiger partial charge in [-0.05, 0) is 31.6 Å². The molecule has 26 heavy (non-hydrogen) atoms. The lowest BCUT2D eigenvalue weighted by molar-refractivity contribution is -0.133. The van der Waals surface area contributed by atoms with Gasteiger partial charge in [0.05, 0.1) is 6.10 Å². The average Bonchev–Trinajstić information content (AvgIpc) is 3.22. The molecule has 0 aromatic carbocycles. The number of hydrogen-bond donors (Lipinski definition) is 1. The Morgan fingerprint density at radius 1 is 1.27 bits per heavy atom. The minimum absolute atomic E-state index is 0.128. The molecule has 1 saturated heterocycles. The van der Waals surface area contributed by atoms with Crippen molar-refractivity contribution >= 4 is 5.91 Å². The van der Waals surface area contributed by atoms with E-state index in [1.54, 1.807) is 0 Å². The molecule has 6 nitrogen and oxygen atoms in total. The molecule has 2 fully saturated rings. The molecule has 1 N–H and O–H groups in total. The topological polar surface area (TPSA) is 79.5 Å². The second kappa shape index (κ2) is 8.07. The van der Waals surface area contributed by atoms with E-state index < -0.39 is 0 Å². The van der Waals surface area contributed by atoms with Gasteiger partial charge in [0, 0.05) is 30.8 Å². The first-order chi connectivity index (χ1) is 12.3. The second-order valence-corrected chi connectivity index (χ2v) is 9.02. The number of amides is 1. The summed E-state index contributed by atoms with van der Waals surface area (Å²) < 4.78 is 5.31. The van der Waals surface area contributed by atoms with Gasteiger partial charge in [0.1, 0.15) is 0 Å². The molecule has 0 spiro atoms. The Labute approximate surface area is 156 Å². The highest BCUT2D eigenvalue weighted by molar-refractivity contribution is 5.77. The highest BCUT2D eigenvalue weighted by Gasteiger charge is 2.38. The zero-order valence-electron chi connectivity index (χ0n) is 16.4. The van der Waals surface area contributed by atoms with E-state index in [0.717, 1.165) is 6.42 Å². The van der Waals surface area contributed by atoms with Crippen molar-refractivity contribution in [3.05, 3.63) is 11.7 Å². The van der Waals surface area contributed by atoms with E-state index in [-0.39, 0.29) is 23.5 Å². The van der Waals surface area contributed by atoms with Gasteiger partial charge in [-0.1, -0.05) is 45.2 Å². The third kappa shape index (κ3) is 4.64. The van der Waals surface area contributed by atoms with E-state index in [4.69, 9.17) is 4.52 Å². The predicted molar refractivity (Wildman–Crippen MR) is 98.6 cm³/mol. The number of β-amino-alcohol motifs (C(OH)–C–C–N with tert-alkyl or cyclic N) is 1. The molecule has 1 amide bonds. The first-order valence-electron chi connectivity index (χ1n) is 10.1. The zero-order valence-corrected chi connectivity index (χ0v) is 16.4. The maximum atomic E-state index is 12.7. The number of rotatable bonds is 5. The lowest BCUT2D eigenvalue weighted by Gasteiger charge is -2.33. The first kappa shape index (κ1) is 19.3. The summed E-state index contributed by atoms with van der Waals surface area (Å²) in [6, 6.07) is 0.230. The van der Waals surface area contributed by atoms with Crippen molar-refractivity contribution < 1.29 is 14.4 Å². The number of carbonyl (C=O) groups is 1. The zero-order chi connectivity index (χ0) is 18.7. The van der Waals surface area contributed by atoms with E-state index in [0.29, 0.717) is 43.4 Å². The van der Waals surface area contributed by atoms with Gasteiger partial charge in [0.2, 0.25) is 11.8 Å². The Bertz CT molecular complexity index is 602. The van der Waals surface area contributed by atoms with Crippen LogP contribution in [-0.2, 0) is 16.6 Å². The van der Waals surface area contributed by atoms with Crippen molar-refractivity contribution in [1.82, 2.24) is 15.0 Å². The quantitative estimate of drug-likeness (QED) is 0.869. The maximum absolute atomic E-state index is 12.7. The fourth-order valence-electron chi connectivity index (χ4n) is 4.29. The molecular weight excluding hydrogens is 330 g/mol.